The van der Waals surface area contributed by atoms with E-state index < -0.39 is 17.2 Å². The molecule has 1 heterocycles. The maximum absolute atomic E-state index is 12.3. The Labute approximate surface area is 206 Å². The molecule has 6 rings (SSSR count). The zero-order valence-corrected chi connectivity index (χ0v) is 22.5. The molecule has 1 saturated heterocycles. The fourth-order valence-electron chi connectivity index (χ4n) is 11.9. The van der Waals surface area contributed by atoms with Crippen LogP contribution in [0.5, 0.6) is 0 Å². The third-order valence-corrected chi connectivity index (χ3v) is 14.6. The number of carboxylic acids is 1. The van der Waals surface area contributed by atoms with Crippen LogP contribution in [-0.2, 0) is 9.53 Å². The van der Waals surface area contributed by atoms with E-state index >= 15 is 0 Å². The second kappa shape index (κ2) is 6.63. The van der Waals surface area contributed by atoms with Crippen LogP contribution in [0.1, 0.15) is 112 Å². The smallest absolute Gasteiger partial charge is 0.309 e. The molecule has 0 amide bonds. The van der Waals surface area contributed by atoms with Crippen molar-refractivity contribution in [1.82, 2.24) is 0 Å². The standard InChI is InChI=1S/C30H48O4/c1-19-29-9-7-20-26(4,21(29)8-10-30(19,33)34-18-29)14-16-28(6)22-17-25(3,23(31)32)12-11-24(22,2)13-15-27(20,28)5/h19-22,33H,7-18H2,1-6H3,(H,31,32)/t19-,20?,21?,22?,24-,25-,26-,27-,28+,29+,30+/m1/s1. The van der Waals surface area contributed by atoms with E-state index in [2.05, 4.69) is 34.6 Å². The molecule has 192 valence electrons. The van der Waals surface area contributed by atoms with Crippen molar-refractivity contribution in [3.05, 3.63) is 0 Å². The fourth-order valence-corrected chi connectivity index (χ4v) is 11.9. The number of rotatable bonds is 1. The number of ether oxygens (including phenoxy) is 1. The lowest BCUT2D eigenvalue weighted by molar-refractivity contribution is -0.267. The summed E-state index contributed by atoms with van der Waals surface area (Å²) in [6, 6.07) is 0. The van der Waals surface area contributed by atoms with E-state index in [1.54, 1.807) is 0 Å². The van der Waals surface area contributed by atoms with Crippen LogP contribution in [0.15, 0.2) is 0 Å². The summed E-state index contributed by atoms with van der Waals surface area (Å²) >= 11 is 0. The van der Waals surface area contributed by atoms with Gasteiger partial charge in [-0.05, 0) is 111 Å². The van der Waals surface area contributed by atoms with E-state index in [9.17, 15) is 15.0 Å². The number of aliphatic carboxylic acids is 1. The Morgan fingerprint density at radius 2 is 1.41 bits per heavy atom. The Bertz CT molecular complexity index is 917. The van der Waals surface area contributed by atoms with Crippen LogP contribution in [0.2, 0.25) is 0 Å². The maximum atomic E-state index is 12.3. The Balaban J connectivity index is 1.39. The van der Waals surface area contributed by atoms with Crippen molar-refractivity contribution in [1.29, 1.82) is 0 Å². The van der Waals surface area contributed by atoms with E-state index in [-0.39, 0.29) is 33.0 Å². The summed E-state index contributed by atoms with van der Waals surface area (Å²) in [5, 5.41) is 21.3. The van der Waals surface area contributed by atoms with Crippen molar-refractivity contribution in [2.75, 3.05) is 6.61 Å². The fraction of sp³-hybridized carbons (Fsp3) is 0.967. The lowest BCUT2D eigenvalue weighted by atomic mass is 9.30. The van der Waals surface area contributed by atoms with Crippen LogP contribution in [0.4, 0.5) is 0 Å². The van der Waals surface area contributed by atoms with E-state index in [0.29, 0.717) is 17.8 Å². The number of fused-ring (bicyclic) bond motifs is 7. The van der Waals surface area contributed by atoms with Crippen molar-refractivity contribution in [2.24, 2.45) is 56.2 Å². The molecule has 0 aromatic rings. The molecule has 6 fully saturated rings. The van der Waals surface area contributed by atoms with Gasteiger partial charge in [0.25, 0.3) is 0 Å². The summed E-state index contributed by atoms with van der Waals surface area (Å²) in [5.74, 6) is 0.525. The maximum Gasteiger partial charge on any atom is 0.309 e. The molecule has 2 bridgehead atoms. The third kappa shape index (κ3) is 2.51. The highest BCUT2D eigenvalue weighted by Crippen LogP contribution is 2.79. The summed E-state index contributed by atoms with van der Waals surface area (Å²) in [5.41, 5.74) is 0.569. The number of carbonyl (C=O) groups is 1. The Kier molecular flexibility index (Phi) is 4.63. The van der Waals surface area contributed by atoms with Gasteiger partial charge >= 0.3 is 5.97 Å². The average molecular weight is 473 g/mol. The molecule has 5 saturated carbocycles. The molecule has 6 aliphatic rings. The molecule has 5 aliphatic carbocycles. The first-order chi connectivity index (χ1) is 15.7. The van der Waals surface area contributed by atoms with Gasteiger partial charge in [-0.3, -0.25) is 4.79 Å². The van der Waals surface area contributed by atoms with Crippen molar-refractivity contribution in [3.8, 4) is 0 Å². The first kappa shape index (κ1) is 23.8. The van der Waals surface area contributed by atoms with Gasteiger partial charge < -0.3 is 14.9 Å². The lowest BCUT2D eigenvalue weighted by Gasteiger charge is -2.74. The summed E-state index contributed by atoms with van der Waals surface area (Å²) < 4.78 is 6.14. The van der Waals surface area contributed by atoms with Crippen LogP contribution >= 0.6 is 0 Å². The second-order valence-corrected chi connectivity index (χ2v) is 15.4. The summed E-state index contributed by atoms with van der Waals surface area (Å²) in [7, 11) is 0. The van der Waals surface area contributed by atoms with E-state index in [1.165, 1.54) is 38.5 Å². The van der Waals surface area contributed by atoms with Crippen LogP contribution in [-0.4, -0.2) is 28.6 Å². The number of hydrogen-bond donors (Lipinski definition) is 2. The minimum Gasteiger partial charge on any atom is -0.481 e. The van der Waals surface area contributed by atoms with Gasteiger partial charge in [-0.2, -0.15) is 0 Å². The molecular formula is C30H48O4. The van der Waals surface area contributed by atoms with E-state index in [0.717, 1.165) is 38.7 Å². The molecule has 1 aliphatic heterocycles. The van der Waals surface area contributed by atoms with Gasteiger partial charge in [0.2, 0.25) is 0 Å². The van der Waals surface area contributed by atoms with Gasteiger partial charge in [-0.25, -0.2) is 0 Å². The Hall–Kier alpha value is -0.610. The quantitative estimate of drug-likeness (QED) is 0.448. The van der Waals surface area contributed by atoms with Crippen LogP contribution < -0.4 is 0 Å². The minimum absolute atomic E-state index is 0.137. The number of carboxylic acid groups (broad SMARTS) is 1. The average Bonchev–Trinajstić information content (AvgIpc) is 2.92. The lowest BCUT2D eigenvalue weighted by Crippen LogP contribution is -2.68. The topological polar surface area (TPSA) is 66.8 Å². The Morgan fingerprint density at radius 3 is 2.12 bits per heavy atom. The molecule has 34 heavy (non-hydrogen) atoms. The third-order valence-electron chi connectivity index (χ3n) is 14.6. The Morgan fingerprint density at radius 1 is 0.794 bits per heavy atom. The number of aliphatic hydroxyl groups is 1. The van der Waals surface area contributed by atoms with Gasteiger partial charge in [-0.15, -0.1) is 0 Å². The van der Waals surface area contributed by atoms with Gasteiger partial charge in [0.1, 0.15) is 0 Å². The predicted molar refractivity (Wildman–Crippen MR) is 132 cm³/mol. The molecular weight excluding hydrogens is 424 g/mol. The zero-order chi connectivity index (χ0) is 24.6. The minimum atomic E-state index is -0.900. The van der Waals surface area contributed by atoms with Crippen molar-refractivity contribution in [2.45, 2.75) is 118 Å². The highest BCUT2D eigenvalue weighted by atomic mass is 16.6. The van der Waals surface area contributed by atoms with Gasteiger partial charge in [0.15, 0.2) is 5.79 Å². The normalized spacial score (nSPS) is 62.7. The van der Waals surface area contributed by atoms with Gasteiger partial charge in [0.05, 0.1) is 12.0 Å². The highest BCUT2D eigenvalue weighted by Gasteiger charge is 2.74. The molecule has 11 atom stereocenters. The zero-order valence-electron chi connectivity index (χ0n) is 22.5. The SMILES string of the molecule is C[C@@H]1[C@@]23CCC4[C@@](C)(CC[C@@]5(C)C6C[C@](C)(C(=O)O)CC[C@]6(C)CC[C@]45C)C2CC[C@]1(O)OC3. The molecule has 1 spiro atoms. The van der Waals surface area contributed by atoms with Gasteiger partial charge in [-0.1, -0.05) is 34.6 Å². The molecule has 0 aromatic carbocycles. The number of hydrogen-bond acceptors (Lipinski definition) is 3. The molecule has 4 heteroatoms. The van der Waals surface area contributed by atoms with Crippen molar-refractivity contribution >= 4 is 5.97 Å². The first-order valence-electron chi connectivity index (χ1n) is 14.3. The van der Waals surface area contributed by atoms with Crippen molar-refractivity contribution in [3.63, 3.8) is 0 Å². The van der Waals surface area contributed by atoms with Gasteiger partial charge in [0, 0.05) is 17.8 Å². The van der Waals surface area contributed by atoms with E-state index in [4.69, 9.17) is 4.74 Å². The monoisotopic (exact) mass is 472 g/mol. The molecule has 3 unspecified atom stereocenters. The highest BCUT2D eigenvalue weighted by molar-refractivity contribution is 5.74. The predicted octanol–water partition coefficient (Wildman–Crippen LogP) is 6.65. The first-order valence-corrected chi connectivity index (χ1v) is 14.3. The molecule has 0 radical (unpaired) electrons. The second-order valence-electron chi connectivity index (χ2n) is 15.4. The molecule has 0 aromatic heterocycles. The largest absolute Gasteiger partial charge is 0.481 e. The molecule has 2 N–H and O–H groups in total. The summed E-state index contributed by atoms with van der Waals surface area (Å²) in [6.07, 6.45) is 12.0. The van der Waals surface area contributed by atoms with E-state index in [1.807, 2.05) is 6.92 Å². The molecule has 4 nitrogen and oxygen atoms in total. The summed E-state index contributed by atoms with van der Waals surface area (Å²) in [4.78, 5) is 12.3. The van der Waals surface area contributed by atoms with Crippen LogP contribution in [0.25, 0.3) is 0 Å². The van der Waals surface area contributed by atoms with Crippen LogP contribution in [0, 0.1) is 56.2 Å². The van der Waals surface area contributed by atoms with Crippen LogP contribution in [0.3, 0.4) is 0 Å². The van der Waals surface area contributed by atoms with Crippen molar-refractivity contribution < 1.29 is 19.7 Å². The summed E-state index contributed by atoms with van der Waals surface area (Å²) in [6.45, 7) is 15.3.